The Morgan fingerprint density at radius 3 is 2.57 bits per heavy atom. The van der Waals surface area contributed by atoms with Crippen molar-refractivity contribution < 1.29 is 4.92 Å². The van der Waals surface area contributed by atoms with Crippen molar-refractivity contribution in [2.24, 2.45) is 0 Å². The van der Waals surface area contributed by atoms with E-state index < -0.39 is 4.92 Å². The molecule has 2 aromatic carbocycles. The highest BCUT2D eigenvalue weighted by Crippen LogP contribution is 2.24. The Morgan fingerprint density at radius 1 is 1.19 bits per heavy atom. The van der Waals surface area contributed by atoms with Gasteiger partial charge in [0.2, 0.25) is 0 Å². The van der Waals surface area contributed by atoms with Crippen LogP contribution in [0, 0.1) is 17.0 Å². The zero-order valence-electron chi connectivity index (χ0n) is 11.5. The summed E-state index contributed by atoms with van der Waals surface area (Å²) < 4.78 is 0. The summed E-state index contributed by atoms with van der Waals surface area (Å²) in [5.74, 6) is 0. The first kappa shape index (κ1) is 14.9. The van der Waals surface area contributed by atoms with E-state index in [9.17, 15) is 10.1 Å². The van der Waals surface area contributed by atoms with Crippen molar-refractivity contribution in [3.8, 4) is 0 Å². The first-order chi connectivity index (χ1) is 10.1. The number of anilines is 1. The fraction of sp³-hybridized carbons (Fsp3) is 0.133. The normalized spacial score (nSPS) is 9.95. The van der Waals surface area contributed by atoms with Gasteiger partial charge in [-0.1, -0.05) is 36.4 Å². The van der Waals surface area contributed by atoms with Gasteiger partial charge in [-0.25, -0.2) is 0 Å². The Balaban J connectivity index is 2.00. The third kappa shape index (κ3) is 4.00. The van der Waals surface area contributed by atoms with Crippen molar-refractivity contribution >= 4 is 28.7 Å². The minimum Gasteiger partial charge on any atom is -0.358 e. The second-order valence-electron chi connectivity index (χ2n) is 4.50. The number of nitro benzene ring substituents is 1. The van der Waals surface area contributed by atoms with Crippen LogP contribution in [-0.4, -0.2) is 10.0 Å². The summed E-state index contributed by atoms with van der Waals surface area (Å²) in [6.45, 7) is 2.29. The zero-order valence-corrected chi connectivity index (χ0v) is 12.3. The Hall–Kier alpha value is -2.47. The summed E-state index contributed by atoms with van der Waals surface area (Å²) in [4.78, 5) is 10.5. The molecule has 21 heavy (non-hydrogen) atoms. The first-order valence-corrected chi connectivity index (χ1v) is 6.81. The molecule has 2 rings (SSSR count). The van der Waals surface area contributed by atoms with Gasteiger partial charge in [-0.3, -0.25) is 10.1 Å². The van der Waals surface area contributed by atoms with Gasteiger partial charge >= 0.3 is 0 Å². The number of nitro groups is 1. The fourth-order valence-electron chi connectivity index (χ4n) is 1.90. The third-order valence-corrected chi connectivity index (χ3v) is 3.29. The van der Waals surface area contributed by atoms with E-state index in [4.69, 9.17) is 12.2 Å². The molecular weight excluding hydrogens is 286 g/mol. The molecule has 0 heterocycles. The highest BCUT2D eigenvalue weighted by atomic mass is 32.1. The molecule has 0 bridgehead atoms. The van der Waals surface area contributed by atoms with E-state index in [1.807, 2.05) is 30.3 Å². The van der Waals surface area contributed by atoms with Gasteiger partial charge in [0.05, 0.1) is 10.5 Å². The van der Waals surface area contributed by atoms with Crippen molar-refractivity contribution in [1.82, 2.24) is 5.32 Å². The summed E-state index contributed by atoms with van der Waals surface area (Å²) >= 11 is 5.21. The van der Waals surface area contributed by atoms with Crippen LogP contribution in [0.4, 0.5) is 11.4 Å². The van der Waals surface area contributed by atoms with Crippen molar-refractivity contribution in [1.29, 1.82) is 0 Å². The van der Waals surface area contributed by atoms with Crippen molar-refractivity contribution in [3.05, 3.63) is 69.8 Å². The molecule has 0 saturated heterocycles. The van der Waals surface area contributed by atoms with Crippen LogP contribution in [0.5, 0.6) is 0 Å². The Kier molecular flexibility index (Phi) is 4.84. The second-order valence-corrected chi connectivity index (χ2v) is 4.91. The molecule has 0 aromatic heterocycles. The van der Waals surface area contributed by atoms with Crippen LogP contribution in [0.25, 0.3) is 0 Å². The number of rotatable bonds is 4. The maximum absolute atomic E-state index is 10.9. The summed E-state index contributed by atoms with van der Waals surface area (Å²) in [7, 11) is 0. The Labute approximate surface area is 128 Å². The molecule has 0 spiro atoms. The second kappa shape index (κ2) is 6.81. The number of hydrogen-bond acceptors (Lipinski definition) is 3. The molecule has 5 nitrogen and oxygen atoms in total. The number of thiocarbonyl (C=S) groups is 1. The van der Waals surface area contributed by atoms with Crippen molar-refractivity contribution in [3.63, 3.8) is 0 Å². The number of benzene rings is 2. The van der Waals surface area contributed by atoms with E-state index in [2.05, 4.69) is 10.6 Å². The molecule has 0 amide bonds. The Morgan fingerprint density at radius 2 is 1.90 bits per heavy atom. The zero-order chi connectivity index (χ0) is 15.2. The van der Waals surface area contributed by atoms with E-state index in [-0.39, 0.29) is 5.69 Å². The van der Waals surface area contributed by atoms with Gasteiger partial charge in [0, 0.05) is 18.3 Å². The van der Waals surface area contributed by atoms with Crippen LogP contribution >= 0.6 is 12.2 Å². The standard InChI is InChI=1S/C15H15N3O2S/c1-11-13(8-5-9-14(11)18(19)20)17-15(21)16-10-12-6-3-2-4-7-12/h2-9H,10H2,1H3,(H2,16,17,21). The molecule has 0 saturated carbocycles. The van der Waals surface area contributed by atoms with Gasteiger partial charge in [0.1, 0.15) is 0 Å². The fourth-order valence-corrected chi connectivity index (χ4v) is 2.08. The first-order valence-electron chi connectivity index (χ1n) is 6.40. The minimum atomic E-state index is -0.402. The van der Waals surface area contributed by atoms with Crippen LogP contribution in [0.15, 0.2) is 48.5 Å². The topological polar surface area (TPSA) is 67.2 Å². The smallest absolute Gasteiger partial charge is 0.274 e. The van der Waals surface area contributed by atoms with Crippen LogP contribution in [0.2, 0.25) is 0 Å². The van der Waals surface area contributed by atoms with Crippen LogP contribution in [0.1, 0.15) is 11.1 Å². The molecule has 0 unspecified atom stereocenters. The number of hydrogen-bond donors (Lipinski definition) is 2. The lowest BCUT2D eigenvalue weighted by Gasteiger charge is -2.12. The molecule has 6 heteroatoms. The van der Waals surface area contributed by atoms with E-state index >= 15 is 0 Å². The molecule has 0 atom stereocenters. The van der Waals surface area contributed by atoms with E-state index in [0.29, 0.717) is 22.9 Å². The summed E-state index contributed by atoms with van der Waals surface area (Å²) in [5, 5.41) is 17.4. The monoisotopic (exact) mass is 301 g/mol. The van der Waals surface area contributed by atoms with Gasteiger partial charge in [0.15, 0.2) is 5.11 Å². The largest absolute Gasteiger partial charge is 0.358 e. The van der Waals surface area contributed by atoms with Crippen LogP contribution in [0.3, 0.4) is 0 Å². The van der Waals surface area contributed by atoms with Crippen LogP contribution in [-0.2, 0) is 6.54 Å². The minimum absolute atomic E-state index is 0.0749. The quantitative estimate of drug-likeness (QED) is 0.515. The lowest BCUT2D eigenvalue weighted by Crippen LogP contribution is -2.28. The highest BCUT2D eigenvalue weighted by Gasteiger charge is 2.13. The van der Waals surface area contributed by atoms with Crippen molar-refractivity contribution in [2.75, 3.05) is 5.32 Å². The molecule has 108 valence electrons. The summed E-state index contributed by atoms with van der Waals surface area (Å²) in [6.07, 6.45) is 0. The predicted molar refractivity (Wildman–Crippen MR) is 87.3 cm³/mol. The van der Waals surface area contributed by atoms with E-state index in [0.717, 1.165) is 5.56 Å². The maximum Gasteiger partial charge on any atom is 0.274 e. The van der Waals surface area contributed by atoms with Gasteiger partial charge in [-0.15, -0.1) is 0 Å². The Bertz CT molecular complexity index is 659. The summed E-state index contributed by atoms with van der Waals surface area (Å²) in [5.41, 5.74) is 2.38. The van der Waals surface area contributed by atoms with Gasteiger partial charge in [-0.2, -0.15) is 0 Å². The molecule has 0 aliphatic carbocycles. The lowest BCUT2D eigenvalue weighted by atomic mass is 10.1. The molecule has 0 aliphatic rings. The summed E-state index contributed by atoms with van der Waals surface area (Å²) in [6, 6.07) is 14.7. The van der Waals surface area contributed by atoms with E-state index in [1.165, 1.54) is 6.07 Å². The molecule has 2 aromatic rings. The van der Waals surface area contributed by atoms with Crippen LogP contribution < -0.4 is 10.6 Å². The van der Waals surface area contributed by atoms with Gasteiger partial charge in [0.25, 0.3) is 5.69 Å². The van der Waals surface area contributed by atoms with Gasteiger partial charge in [-0.05, 0) is 30.8 Å². The molecule has 0 radical (unpaired) electrons. The van der Waals surface area contributed by atoms with E-state index in [1.54, 1.807) is 19.1 Å². The number of nitrogens with one attached hydrogen (secondary N) is 2. The van der Waals surface area contributed by atoms with Crippen molar-refractivity contribution in [2.45, 2.75) is 13.5 Å². The molecule has 0 aliphatic heterocycles. The predicted octanol–water partition coefficient (Wildman–Crippen LogP) is 3.39. The van der Waals surface area contributed by atoms with Gasteiger partial charge < -0.3 is 10.6 Å². The third-order valence-electron chi connectivity index (χ3n) is 3.05. The average molecular weight is 301 g/mol. The number of nitrogens with zero attached hydrogens (tertiary/aromatic N) is 1. The SMILES string of the molecule is Cc1c(NC(=S)NCc2ccccc2)cccc1[N+](=O)[O-]. The molecule has 0 fully saturated rings. The highest BCUT2D eigenvalue weighted by molar-refractivity contribution is 7.80. The molecular formula is C15H15N3O2S. The maximum atomic E-state index is 10.9. The average Bonchev–Trinajstić information content (AvgIpc) is 2.48. The lowest BCUT2D eigenvalue weighted by molar-refractivity contribution is -0.385. The molecule has 2 N–H and O–H groups in total.